The Balaban J connectivity index is 1.75. The number of nitrogens with zero attached hydrogens (tertiary/aromatic N) is 3. The molecule has 0 atom stereocenters. The van der Waals surface area contributed by atoms with Gasteiger partial charge in [0.05, 0.1) is 12.5 Å². The van der Waals surface area contributed by atoms with Gasteiger partial charge in [-0.2, -0.15) is 5.10 Å². The van der Waals surface area contributed by atoms with Crippen molar-refractivity contribution >= 4 is 12.0 Å². The van der Waals surface area contributed by atoms with Crippen molar-refractivity contribution in [1.82, 2.24) is 25.4 Å². The quantitative estimate of drug-likeness (QED) is 0.691. The molecule has 2 heterocycles. The van der Waals surface area contributed by atoms with Crippen LogP contribution in [0.15, 0.2) is 6.33 Å². The zero-order valence-corrected chi connectivity index (χ0v) is 9.80. The molecule has 0 aliphatic carbocycles. The van der Waals surface area contributed by atoms with Gasteiger partial charge in [-0.15, -0.1) is 0 Å². The third-order valence-electron chi connectivity index (χ3n) is 3.00. The van der Waals surface area contributed by atoms with Gasteiger partial charge in [0.25, 0.3) is 0 Å². The Morgan fingerprint density at radius 2 is 2.22 bits per heavy atom. The molecule has 1 aromatic heterocycles. The monoisotopic (exact) mass is 253 g/mol. The van der Waals surface area contributed by atoms with E-state index in [1.165, 1.54) is 6.33 Å². The predicted molar refractivity (Wildman–Crippen MR) is 60.6 cm³/mol. The lowest BCUT2D eigenvalue weighted by Gasteiger charge is -2.30. The van der Waals surface area contributed by atoms with E-state index in [9.17, 15) is 9.59 Å². The molecule has 98 valence electrons. The summed E-state index contributed by atoms with van der Waals surface area (Å²) in [6.07, 6.45) is 2.38. The molecule has 1 aliphatic rings. The molecular formula is C10H15N5O3. The van der Waals surface area contributed by atoms with E-state index < -0.39 is 5.97 Å². The summed E-state index contributed by atoms with van der Waals surface area (Å²) in [5.74, 6) is -0.524. The fraction of sp³-hybridized carbons (Fsp3) is 0.600. The number of aliphatic carboxylic acids is 1. The minimum atomic E-state index is -0.781. The molecule has 0 bridgehead atoms. The Morgan fingerprint density at radius 3 is 2.78 bits per heavy atom. The van der Waals surface area contributed by atoms with Crippen LogP contribution >= 0.6 is 0 Å². The lowest BCUT2D eigenvalue weighted by molar-refractivity contribution is -0.143. The third kappa shape index (κ3) is 2.96. The summed E-state index contributed by atoms with van der Waals surface area (Å²) in [5, 5.41) is 17.9. The average Bonchev–Trinajstić information content (AvgIpc) is 2.89. The van der Waals surface area contributed by atoms with E-state index in [1.807, 2.05) is 0 Å². The van der Waals surface area contributed by atoms with Crippen molar-refractivity contribution in [3.8, 4) is 0 Å². The number of hydrogen-bond acceptors (Lipinski definition) is 4. The number of hydrogen-bond donors (Lipinski definition) is 3. The molecule has 1 fully saturated rings. The molecule has 2 amide bonds. The van der Waals surface area contributed by atoms with Crippen LogP contribution < -0.4 is 5.32 Å². The second-order valence-electron chi connectivity index (χ2n) is 4.19. The largest absolute Gasteiger partial charge is 0.481 e. The fourth-order valence-electron chi connectivity index (χ4n) is 1.92. The number of rotatable bonds is 3. The first kappa shape index (κ1) is 12.3. The van der Waals surface area contributed by atoms with Crippen LogP contribution in [0.4, 0.5) is 4.79 Å². The summed E-state index contributed by atoms with van der Waals surface area (Å²) in [6.45, 7) is 1.23. The predicted octanol–water partition coefficient (Wildman–Crippen LogP) is -0.189. The van der Waals surface area contributed by atoms with Gasteiger partial charge in [-0.25, -0.2) is 9.78 Å². The van der Waals surface area contributed by atoms with Crippen molar-refractivity contribution in [1.29, 1.82) is 0 Å². The van der Waals surface area contributed by atoms with Gasteiger partial charge in [-0.3, -0.25) is 9.89 Å². The maximum absolute atomic E-state index is 11.8. The van der Waals surface area contributed by atoms with Gasteiger partial charge in [0.15, 0.2) is 0 Å². The highest BCUT2D eigenvalue weighted by Crippen LogP contribution is 2.17. The lowest BCUT2D eigenvalue weighted by Crippen LogP contribution is -2.45. The van der Waals surface area contributed by atoms with Gasteiger partial charge in [0.2, 0.25) is 0 Å². The highest BCUT2D eigenvalue weighted by Gasteiger charge is 2.26. The maximum Gasteiger partial charge on any atom is 0.317 e. The standard InChI is InChI=1S/C10H15N5O3/c16-9(17)7-1-3-15(4-2-7)10(18)11-5-8-12-6-13-14-8/h6-7H,1-5H2,(H,11,18)(H,16,17)(H,12,13,14). The summed E-state index contributed by atoms with van der Waals surface area (Å²) in [7, 11) is 0. The van der Waals surface area contributed by atoms with Crippen molar-refractivity contribution in [3.63, 3.8) is 0 Å². The lowest BCUT2D eigenvalue weighted by atomic mass is 9.97. The Labute approximate surface area is 103 Å². The molecular weight excluding hydrogens is 238 g/mol. The molecule has 0 aromatic carbocycles. The highest BCUT2D eigenvalue weighted by molar-refractivity contribution is 5.75. The Hall–Kier alpha value is -2.12. The molecule has 0 radical (unpaired) electrons. The first-order valence-corrected chi connectivity index (χ1v) is 5.76. The Kier molecular flexibility index (Phi) is 3.75. The number of aromatic nitrogens is 3. The molecule has 3 N–H and O–H groups in total. The van der Waals surface area contributed by atoms with Crippen LogP contribution in [-0.2, 0) is 11.3 Å². The van der Waals surface area contributed by atoms with Crippen molar-refractivity contribution in [2.45, 2.75) is 19.4 Å². The van der Waals surface area contributed by atoms with Gasteiger partial charge in [0, 0.05) is 13.1 Å². The molecule has 0 spiro atoms. The van der Waals surface area contributed by atoms with E-state index in [2.05, 4.69) is 20.5 Å². The summed E-state index contributed by atoms with van der Waals surface area (Å²) in [4.78, 5) is 28.1. The van der Waals surface area contributed by atoms with E-state index >= 15 is 0 Å². The van der Waals surface area contributed by atoms with E-state index in [0.717, 1.165) is 0 Å². The molecule has 8 nitrogen and oxygen atoms in total. The van der Waals surface area contributed by atoms with Gasteiger partial charge >= 0.3 is 12.0 Å². The first-order chi connectivity index (χ1) is 8.66. The van der Waals surface area contributed by atoms with Gasteiger partial charge in [0.1, 0.15) is 12.2 Å². The molecule has 2 rings (SSSR count). The number of carbonyl (C=O) groups is 2. The number of likely N-dealkylation sites (tertiary alicyclic amines) is 1. The normalized spacial score (nSPS) is 16.6. The third-order valence-corrected chi connectivity index (χ3v) is 3.00. The number of amides is 2. The van der Waals surface area contributed by atoms with Crippen molar-refractivity contribution in [3.05, 3.63) is 12.2 Å². The summed E-state index contributed by atoms with van der Waals surface area (Å²) in [5.41, 5.74) is 0. The zero-order valence-electron chi connectivity index (χ0n) is 9.80. The first-order valence-electron chi connectivity index (χ1n) is 5.76. The highest BCUT2D eigenvalue weighted by atomic mass is 16.4. The molecule has 18 heavy (non-hydrogen) atoms. The minimum absolute atomic E-state index is 0.199. The second kappa shape index (κ2) is 5.48. The smallest absolute Gasteiger partial charge is 0.317 e. The van der Waals surface area contributed by atoms with Crippen molar-refractivity contribution in [2.75, 3.05) is 13.1 Å². The van der Waals surface area contributed by atoms with Gasteiger partial charge in [-0.05, 0) is 12.8 Å². The number of carbonyl (C=O) groups excluding carboxylic acids is 1. The van der Waals surface area contributed by atoms with Crippen LogP contribution in [-0.4, -0.2) is 50.3 Å². The number of nitrogens with one attached hydrogen (secondary N) is 2. The van der Waals surface area contributed by atoms with E-state index in [-0.39, 0.29) is 18.5 Å². The second-order valence-corrected chi connectivity index (χ2v) is 4.19. The van der Waals surface area contributed by atoms with Crippen molar-refractivity contribution < 1.29 is 14.7 Å². The van der Waals surface area contributed by atoms with Crippen LogP contribution in [0.5, 0.6) is 0 Å². The molecule has 1 saturated heterocycles. The zero-order chi connectivity index (χ0) is 13.0. The van der Waals surface area contributed by atoms with Crippen LogP contribution in [0.3, 0.4) is 0 Å². The Morgan fingerprint density at radius 1 is 1.50 bits per heavy atom. The van der Waals surface area contributed by atoms with E-state index in [0.29, 0.717) is 31.8 Å². The van der Waals surface area contributed by atoms with Crippen LogP contribution in [0.1, 0.15) is 18.7 Å². The molecule has 0 unspecified atom stereocenters. The van der Waals surface area contributed by atoms with E-state index in [1.54, 1.807) is 4.90 Å². The van der Waals surface area contributed by atoms with E-state index in [4.69, 9.17) is 5.11 Å². The SMILES string of the molecule is O=C(O)C1CCN(C(=O)NCc2ncn[nH]2)CC1. The Bertz CT molecular complexity index is 411. The number of carboxylic acids is 1. The van der Waals surface area contributed by atoms with Gasteiger partial charge in [-0.1, -0.05) is 0 Å². The maximum atomic E-state index is 11.8. The molecule has 0 saturated carbocycles. The summed E-state index contributed by atoms with van der Waals surface area (Å²) in [6, 6.07) is -0.199. The summed E-state index contributed by atoms with van der Waals surface area (Å²) >= 11 is 0. The number of piperidine rings is 1. The van der Waals surface area contributed by atoms with Crippen LogP contribution in [0.25, 0.3) is 0 Å². The number of aromatic amines is 1. The fourth-order valence-corrected chi connectivity index (χ4v) is 1.92. The van der Waals surface area contributed by atoms with Crippen LogP contribution in [0, 0.1) is 5.92 Å². The summed E-state index contributed by atoms with van der Waals surface area (Å²) < 4.78 is 0. The molecule has 1 aromatic rings. The number of urea groups is 1. The minimum Gasteiger partial charge on any atom is -0.481 e. The molecule has 8 heteroatoms. The molecule has 1 aliphatic heterocycles. The topological polar surface area (TPSA) is 111 Å². The van der Waals surface area contributed by atoms with Crippen molar-refractivity contribution in [2.24, 2.45) is 5.92 Å². The van der Waals surface area contributed by atoms with Gasteiger partial charge < -0.3 is 15.3 Å². The van der Waals surface area contributed by atoms with Crippen LogP contribution in [0.2, 0.25) is 0 Å². The number of H-pyrrole nitrogens is 1. The number of carboxylic acid groups (broad SMARTS) is 1. The average molecular weight is 253 g/mol.